The lowest BCUT2D eigenvalue weighted by Gasteiger charge is -2.32. The van der Waals surface area contributed by atoms with Gasteiger partial charge in [-0.15, -0.1) is 0 Å². The van der Waals surface area contributed by atoms with Crippen LogP contribution in [0, 0.1) is 0 Å². The first-order valence-electron chi connectivity index (χ1n) is 10.6. The summed E-state index contributed by atoms with van der Waals surface area (Å²) in [4.78, 5) is 5.88. The number of ether oxygens (including phenoxy) is 1. The molecule has 0 aromatic carbocycles. The molecule has 4 heteroatoms. The quantitative estimate of drug-likeness (QED) is 0.405. The van der Waals surface area contributed by atoms with E-state index in [1.54, 1.807) is 0 Å². The van der Waals surface area contributed by atoms with Crippen LogP contribution in [0.1, 0.15) is 90.9 Å². The summed E-state index contributed by atoms with van der Waals surface area (Å²) in [7, 11) is 0. The van der Waals surface area contributed by atoms with E-state index in [4.69, 9.17) is 9.57 Å². The highest BCUT2D eigenvalue weighted by Gasteiger charge is 2.20. The van der Waals surface area contributed by atoms with Crippen LogP contribution in [0.3, 0.4) is 0 Å². The average Bonchev–Trinajstić information content (AvgIpc) is 2.60. The molecule has 0 aliphatic carbocycles. The summed E-state index contributed by atoms with van der Waals surface area (Å²) in [5, 5.41) is 5.44. The van der Waals surface area contributed by atoms with Crippen molar-refractivity contribution in [2.75, 3.05) is 33.0 Å². The molecule has 1 atom stereocenters. The Balaban J connectivity index is 1.93. The van der Waals surface area contributed by atoms with Crippen LogP contribution in [0.15, 0.2) is 0 Å². The van der Waals surface area contributed by atoms with Crippen LogP contribution >= 0.6 is 0 Å². The van der Waals surface area contributed by atoms with Gasteiger partial charge in [0.2, 0.25) is 0 Å². The van der Waals surface area contributed by atoms with Crippen molar-refractivity contribution in [2.45, 2.75) is 97.0 Å². The van der Waals surface area contributed by atoms with E-state index in [1.165, 1.54) is 77.0 Å². The monoisotopic (exact) mass is 342 g/mol. The molecule has 1 aliphatic rings. The summed E-state index contributed by atoms with van der Waals surface area (Å²) in [6.45, 7) is 8.94. The third-order valence-corrected chi connectivity index (χ3v) is 4.69. The van der Waals surface area contributed by atoms with Crippen molar-refractivity contribution in [3.05, 3.63) is 0 Å². The SMILES string of the molecule is CCCCCCCCOC1CNCN(OCCCCCCCC)C1. The Morgan fingerprint density at radius 3 is 2.04 bits per heavy atom. The van der Waals surface area contributed by atoms with Gasteiger partial charge in [0, 0.05) is 13.2 Å². The van der Waals surface area contributed by atoms with Gasteiger partial charge in [0.1, 0.15) is 0 Å². The molecule has 0 radical (unpaired) electrons. The van der Waals surface area contributed by atoms with Gasteiger partial charge in [0.15, 0.2) is 0 Å². The second-order valence-electron chi connectivity index (χ2n) is 7.14. The van der Waals surface area contributed by atoms with Crippen LogP contribution in [0.4, 0.5) is 0 Å². The number of rotatable bonds is 16. The maximum Gasteiger partial charge on any atom is 0.0850 e. The minimum atomic E-state index is 0.277. The molecule has 1 saturated heterocycles. The highest BCUT2D eigenvalue weighted by molar-refractivity contribution is 4.69. The Hall–Kier alpha value is -0.160. The van der Waals surface area contributed by atoms with Crippen LogP contribution in [0.5, 0.6) is 0 Å². The van der Waals surface area contributed by atoms with E-state index in [1.807, 2.05) is 5.06 Å². The van der Waals surface area contributed by atoms with E-state index in [0.717, 1.165) is 33.0 Å². The third-order valence-electron chi connectivity index (χ3n) is 4.69. The molecule has 0 amide bonds. The number of hydroxylamine groups is 2. The minimum Gasteiger partial charge on any atom is -0.375 e. The highest BCUT2D eigenvalue weighted by Crippen LogP contribution is 2.09. The Labute approximate surface area is 150 Å². The summed E-state index contributed by atoms with van der Waals surface area (Å²) in [6.07, 6.45) is 16.1. The maximum atomic E-state index is 6.01. The summed E-state index contributed by atoms with van der Waals surface area (Å²) >= 11 is 0. The molecule has 0 aromatic rings. The fourth-order valence-corrected chi connectivity index (χ4v) is 3.12. The van der Waals surface area contributed by atoms with Crippen LogP contribution in [0.2, 0.25) is 0 Å². The van der Waals surface area contributed by atoms with Crippen molar-refractivity contribution in [2.24, 2.45) is 0 Å². The van der Waals surface area contributed by atoms with Crippen molar-refractivity contribution in [1.82, 2.24) is 10.4 Å². The van der Waals surface area contributed by atoms with Gasteiger partial charge in [0.25, 0.3) is 0 Å². The largest absolute Gasteiger partial charge is 0.375 e. The predicted octanol–water partition coefficient (Wildman–Crippen LogP) is 4.89. The molecule has 1 heterocycles. The molecule has 4 nitrogen and oxygen atoms in total. The van der Waals surface area contributed by atoms with Gasteiger partial charge in [0.05, 0.1) is 25.9 Å². The number of hydrogen-bond donors (Lipinski definition) is 1. The van der Waals surface area contributed by atoms with Crippen molar-refractivity contribution >= 4 is 0 Å². The molecule has 0 bridgehead atoms. The topological polar surface area (TPSA) is 33.7 Å². The van der Waals surface area contributed by atoms with Gasteiger partial charge in [-0.1, -0.05) is 78.1 Å². The van der Waals surface area contributed by atoms with Gasteiger partial charge < -0.3 is 4.74 Å². The minimum absolute atomic E-state index is 0.277. The van der Waals surface area contributed by atoms with Crippen molar-refractivity contribution in [1.29, 1.82) is 0 Å². The van der Waals surface area contributed by atoms with E-state index >= 15 is 0 Å². The average molecular weight is 343 g/mol. The number of hydrogen-bond acceptors (Lipinski definition) is 4. The Kier molecular flexibility index (Phi) is 14.9. The first kappa shape index (κ1) is 21.9. The lowest BCUT2D eigenvalue weighted by molar-refractivity contribution is -0.196. The molecule has 144 valence electrons. The number of nitrogens with one attached hydrogen (secondary N) is 1. The number of unbranched alkanes of at least 4 members (excludes halogenated alkanes) is 10. The van der Waals surface area contributed by atoms with Gasteiger partial charge in [-0.05, 0) is 12.8 Å². The van der Waals surface area contributed by atoms with Crippen LogP contribution in [-0.2, 0) is 9.57 Å². The van der Waals surface area contributed by atoms with E-state index in [2.05, 4.69) is 19.2 Å². The standard InChI is InChI=1S/C20H42N2O2/c1-3-5-7-9-11-13-15-23-20-17-21-19-22(18-20)24-16-14-12-10-8-6-4-2/h20-21H,3-19H2,1-2H3. The Bertz CT molecular complexity index is 240. The summed E-state index contributed by atoms with van der Waals surface area (Å²) in [5.41, 5.74) is 0. The molecule has 0 saturated carbocycles. The van der Waals surface area contributed by atoms with E-state index in [9.17, 15) is 0 Å². The zero-order chi connectivity index (χ0) is 17.3. The highest BCUT2D eigenvalue weighted by atomic mass is 16.7. The smallest absolute Gasteiger partial charge is 0.0850 e. The second-order valence-corrected chi connectivity index (χ2v) is 7.14. The molecule has 1 N–H and O–H groups in total. The first-order chi connectivity index (χ1) is 11.9. The molecule has 0 spiro atoms. The zero-order valence-corrected chi connectivity index (χ0v) is 16.4. The van der Waals surface area contributed by atoms with E-state index in [0.29, 0.717) is 0 Å². The van der Waals surface area contributed by atoms with E-state index < -0.39 is 0 Å². The fraction of sp³-hybridized carbons (Fsp3) is 1.00. The van der Waals surface area contributed by atoms with Crippen LogP contribution in [-0.4, -0.2) is 44.1 Å². The third kappa shape index (κ3) is 12.2. The van der Waals surface area contributed by atoms with Crippen molar-refractivity contribution in [3.63, 3.8) is 0 Å². The zero-order valence-electron chi connectivity index (χ0n) is 16.4. The molecular weight excluding hydrogens is 300 g/mol. The molecule has 1 aliphatic heterocycles. The summed E-state index contributed by atoms with van der Waals surface area (Å²) in [5.74, 6) is 0. The lowest BCUT2D eigenvalue weighted by atomic mass is 10.1. The van der Waals surface area contributed by atoms with Crippen LogP contribution in [0.25, 0.3) is 0 Å². The summed E-state index contributed by atoms with van der Waals surface area (Å²) in [6, 6.07) is 0. The van der Waals surface area contributed by atoms with Gasteiger partial charge in [-0.3, -0.25) is 10.2 Å². The van der Waals surface area contributed by atoms with Crippen molar-refractivity contribution < 1.29 is 9.57 Å². The fourth-order valence-electron chi connectivity index (χ4n) is 3.12. The van der Waals surface area contributed by atoms with E-state index in [-0.39, 0.29) is 6.10 Å². The normalized spacial score (nSPS) is 19.0. The molecular formula is C20H42N2O2. The van der Waals surface area contributed by atoms with Crippen molar-refractivity contribution in [3.8, 4) is 0 Å². The Morgan fingerprint density at radius 1 is 0.792 bits per heavy atom. The molecule has 1 rings (SSSR count). The van der Waals surface area contributed by atoms with Gasteiger partial charge >= 0.3 is 0 Å². The summed E-state index contributed by atoms with van der Waals surface area (Å²) < 4.78 is 6.01. The predicted molar refractivity (Wildman–Crippen MR) is 102 cm³/mol. The molecule has 1 unspecified atom stereocenters. The Morgan fingerprint density at radius 2 is 1.38 bits per heavy atom. The van der Waals surface area contributed by atoms with Crippen LogP contribution < -0.4 is 5.32 Å². The molecule has 1 fully saturated rings. The van der Waals surface area contributed by atoms with Gasteiger partial charge in [-0.2, -0.15) is 5.06 Å². The first-order valence-corrected chi connectivity index (χ1v) is 10.6. The second kappa shape index (κ2) is 16.3. The lowest BCUT2D eigenvalue weighted by Crippen LogP contribution is -2.50. The maximum absolute atomic E-state index is 6.01. The van der Waals surface area contributed by atoms with Gasteiger partial charge in [-0.25, -0.2) is 0 Å². The molecule has 0 aromatic heterocycles. The molecule has 24 heavy (non-hydrogen) atoms. The number of nitrogens with zero attached hydrogens (tertiary/aromatic N) is 1.